The van der Waals surface area contributed by atoms with Gasteiger partial charge in [0.15, 0.2) is 15.8 Å². The van der Waals surface area contributed by atoms with Gasteiger partial charge in [0.2, 0.25) is 5.13 Å². The number of ketones is 1. The fourth-order valence-corrected chi connectivity index (χ4v) is 6.78. The molecule has 8 nitrogen and oxygen atoms in total. The SMILES string of the molecule is CCCCOc1ccc(C2/C(=C(/O)c3ccc(C)cc3)C(=O)C(=O)N2c2nnc(SCc3ccccc3Cl)s2)cc1OC. The third-order valence-corrected chi connectivity index (χ3v) is 9.41. The van der Waals surface area contributed by atoms with Crippen molar-refractivity contribution in [3.05, 3.63) is 99.6 Å². The molecule has 1 aliphatic heterocycles. The molecule has 0 bridgehead atoms. The van der Waals surface area contributed by atoms with Crippen molar-refractivity contribution < 1.29 is 24.2 Å². The van der Waals surface area contributed by atoms with Crippen molar-refractivity contribution in [2.24, 2.45) is 0 Å². The van der Waals surface area contributed by atoms with Crippen LogP contribution >= 0.6 is 34.7 Å². The molecule has 1 N–H and O–H groups in total. The molecule has 0 aliphatic carbocycles. The Morgan fingerprint density at radius 2 is 1.84 bits per heavy atom. The summed E-state index contributed by atoms with van der Waals surface area (Å²) < 4.78 is 12.1. The molecular weight excluding hydrogens is 606 g/mol. The van der Waals surface area contributed by atoms with Crippen LogP contribution in [-0.2, 0) is 15.3 Å². The number of thioether (sulfide) groups is 1. The van der Waals surface area contributed by atoms with E-state index in [1.807, 2.05) is 43.3 Å². The zero-order valence-corrected chi connectivity index (χ0v) is 26.3. The maximum Gasteiger partial charge on any atom is 0.301 e. The molecule has 0 spiro atoms. The van der Waals surface area contributed by atoms with E-state index in [-0.39, 0.29) is 16.5 Å². The highest BCUT2D eigenvalue weighted by atomic mass is 35.5. The highest BCUT2D eigenvalue weighted by Crippen LogP contribution is 2.45. The molecule has 1 unspecified atom stereocenters. The molecule has 1 saturated heterocycles. The third-order valence-electron chi connectivity index (χ3n) is 6.94. The molecule has 1 aliphatic rings. The highest BCUT2D eigenvalue weighted by Gasteiger charge is 2.48. The minimum atomic E-state index is -0.978. The summed E-state index contributed by atoms with van der Waals surface area (Å²) in [6.07, 6.45) is 1.87. The number of anilines is 1. The summed E-state index contributed by atoms with van der Waals surface area (Å²) in [5.74, 6) is -0.343. The Kier molecular flexibility index (Phi) is 9.69. The number of rotatable bonds is 11. The van der Waals surface area contributed by atoms with E-state index in [4.69, 9.17) is 21.1 Å². The van der Waals surface area contributed by atoms with Gasteiger partial charge in [-0.05, 0) is 42.7 Å². The number of aromatic nitrogens is 2. The molecule has 0 saturated carbocycles. The van der Waals surface area contributed by atoms with Crippen LogP contribution < -0.4 is 14.4 Å². The fourth-order valence-electron chi connectivity index (χ4n) is 4.63. The van der Waals surface area contributed by atoms with Crippen LogP contribution in [0.4, 0.5) is 5.13 Å². The van der Waals surface area contributed by atoms with Gasteiger partial charge in [0.25, 0.3) is 5.78 Å². The molecule has 1 fully saturated rings. The van der Waals surface area contributed by atoms with E-state index in [9.17, 15) is 14.7 Å². The highest BCUT2D eigenvalue weighted by molar-refractivity contribution is 8.00. The maximum atomic E-state index is 13.6. The quantitative estimate of drug-likeness (QED) is 0.0449. The summed E-state index contributed by atoms with van der Waals surface area (Å²) in [6, 6.07) is 18.9. The Morgan fingerprint density at radius 1 is 1.07 bits per heavy atom. The van der Waals surface area contributed by atoms with E-state index in [1.54, 1.807) is 30.3 Å². The first-order valence-electron chi connectivity index (χ1n) is 13.7. The number of halogens is 1. The summed E-state index contributed by atoms with van der Waals surface area (Å²) in [5, 5.41) is 20.9. The summed E-state index contributed by atoms with van der Waals surface area (Å²) in [6.45, 7) is 4.53. The Morgan fingerprint density at radius 3 is 2.56 bits per heavy atom. The van der Waals surface area contributed by atoms with Crippen molar-refractivity contribution in [3.8, 4) is 11.5 Å². The van der Waals surface area contributed by atoms with Crippen molar-refractivity contribution >= 4 is 57.3 Å². The molecule has 11 heteroatoms. The molecule has 0 radical (unpaired) electrons. The Hall–Kier alpha value is -3.86. The number of aliphatic hydroxyl groups excluding tert-OH is 1. The van der Waals surface area contributed by atoms with E-state index in [0.29, 0.717) is 44.3 Å². The second kappa shape index (κ2) is 13.6. The van der Waals surface area contributed by atoms with Crippen LogP contribution in [0, 0.1) is 6.92 Å². The second-order valence-electron chi connectivity index (χ2n) is 9.88. The minimum absolute atomic E-state index is 0.0453. The zero-order chi connectivity index (χ0) is 30.5. The van der Waals surface area contributed by atoms with Gasteiger partial charge in [-0.1, -0.05) is 102 Å². The van der Waals surface area contributed by atoms with Gasteiger partial charge in [-0.3, -0.25) is 14.5 Å². The van der Waals surface area contributed by atoms with E-state index >= 15 is 0 Å². The monoisotopic (exact) mass is 635 g/mol. The first-order valence-corrected chi connectivity index (χ1v) is 15.9. The van der Waals surface area contributed by atoms with Crippen LogP contribution in [0.5, 0.6) is 11.5 Å². The number of ether oxygens (including phenoxy) is 2. The largest absolute Gasteiger partial charge is 0.507 e. The number of hydrogen-bond acceptors (Lipinski definition) is 9. The van der Waals surface area contributed by atoms with Gasteiger partial charge in [0, 0.05) is 16.3 Å². The van der Waals surface area contributed by atoms with Crippen LogP contribution in [0.2, 0.25) is 5.02 Å². The molecule has 1 amide bonds. The fraction of sp³-hybridized carbons (Fsp3) is 0.250. The van der Waals surface area contributed by atoms with Gasteiger partial charge < -0.3 is 14.6 Å². The Balaban J connectivity index is 1.56. The number of benzene rings is 3. The van der Waals surface area contributed by atoms with Gasteiger partial charge in [0.1, 0.15) is 5.76 Å². The predicted octanol–water partition coefficient (Wildman–Crippen LogP) is 7.61. The third kappa shape index (κ3) is 6.56. The summed E-state index contributed by atoms with van der Waals surface area (Å²) >= 11 is 8.93. The number of nitrogens with zero attached hydrogens (tertiary/aromatic N) is 3. The molecule has 1 atom stereocenters. The molecule has 5 rings (SSSR count). The van der Waals surface area contributed by atoms with Crippen LogP contribution in [0.1, 0.15) is 48.1 Å². The standard InChI is InChI=1S/C32H30ClN3O5S2/c1-4-5-16-41-24-15-14-21(17-25(24)40-3)27-26(28(37)20-12-10-19(2)11-13-20)29(38)30(39)36(27)31-34-35-32(43-31)42-18-22-8-6-7-9-23(22)33/h6-15,17,27,37H,4-5,16,18H2,1-3H3/b28-26-. The Bertz CT molecular complexity index is 1670. The van der Waals surface area contributed by atoms with E-state index in [2.05, 4.69) is 17.1 Å². The van der Waals surface area contributed by atoms with Gasteiger partial charge in [-0.15, -0.1) is 10.2 Å². The van der Waals surface area contributed by atoms with E-state index in [1.165, 1.54) is 35.1 Å². The number of Topliss-reactive ketones (excluding diaryl/α,β-unsaturated/α-hetero) is 1. The number of amides is 1. The molecule has 2 heterocycles. The topological polar surface area (TPSA) is 102 Å². The summed E-state index contributed by atoms with van der Waals surface area (Å²) in [4.78, 5) is 28.5. The van der Waals surface area contributed by atoms with Gasteiger partial charge in [-0.25, -0.2) is 0 Å². The van der Waals surface area contributed by atoms with Crippen molar-refractivity contribution in [1.82, 2.24) is 10.2 Å². The van der Waals surface area contributed by atoms with E-state index in [0.717, 1.165) is 24.0 Å². The lowest BCUT2D eigenvalue weighted by Gasteiger charge is -2.23. The number of unbranched alkanes of at least 4 members (excludes halogenated alkanes) is 1. The van der Waals surface area contributed by atoms with Crippen molar-refractivity contribution in [1.29, 1.82) is 0 Å². The number of hydrogen-bond donors (Lipinski definition) is 1. The van der Waals surface area contributed by atoms with Gasteiger partial charge in [0.05, 0.1) is 25.3 Å². The lowest BCUT2D eigenvalue weighted by atomic mass is 9.95. The number of aryl methyl sites for hydroxylation is 1. The van der Waals surface area contributed by atoms with Crippen molar-refractivity contribution in [2.45, 2.75) is 42.8 Å². The first-order chi connectivity index (χ1) is 20.8. The summed E-state index contributed by atoms with van der Waals surface area (Å²) in [5.41, 5.74) is 2.86. The summed E-state index contributed by atoms with van der Waals surface area (Å²) in [7, 11) is 1.53. The van der Waals surface area contributed by atoms with Crippen LogP contribution in [-0.4, -0.2) is 40.7 Å². The minimum Gasteiger partial charge on any atom is -0.507 e. The molecule has 1 aromatic heterocycles. The smallest absolute Gasteiger partial charge is 0.301 e. The molecule has 3 aromatic carbocycles. The van der Waals surface area contributed by atoms with Crippen molar-refractivity contribution in [3.63, 3.8) is 0 Å². The molecular formula is C32H30ClN3O5S2. The molecule has 4 aromatic rings. The lowest BCUT2D eigenvalue weighted by Crippen LogP contribution is -2.29. The predicted molar refractivity (Wildman–Crippen MR) is 170 cm³/mol. The first kappa shape index (κ1) is 30.6. The normalized spacial score (nSPS) is 16.1. The van der Waals surface area contributed by atoms with Crippen LogP contribution in [0.15, 0.2) is 76.6 Å². The second-order valence-corrected chi connectivity index (χ2v) is 12.5. The molecule has 43 heavy (non-hydrogen) atoms. The average Bonchev–Trinajstić information content (AvgIpc) is 3.58. The lowest BCUT2D eigenvalue weighted by molar-refractivity contribution is -0.132. The van der Waals surface area contributed by atoms with Gasteiger partial charge in [-0.2, -0.15) is 0 Å². The number of methoxy groups -OCH3 is 1. The number of carbonyl (C=O) groups excluding carboxylic acids is 2. The number of carbonyl (C=O) groups is 2. The Labute approximate surface area is 263 Å². The zero-order valence-electron chi connectivity index (χ0n) is 23.9. The average molecular weight is 636 g/mol. The van der Waals surface area contributed by atoms with Crippen LogP contribution in [0.3, 0.4) is 0 Å². The molecule has 222 valence electrons. The van der Waals surface area contributed by atoms with E-state index < -0.39 is 17.7 Å². The van der Waals surface area contributed by atoms with Gasteiger partial charge >= 0.3 is 5.91 Å². The maximum absolute atomic E-state index is 13.6. The van der Waals surface area contributed by atoms with Crippen molar-refractivity contribution in [2.75, 3.05) is 18.6 Å². The number of aliphatic hydroxyl groups is 1. The van der Waals surface area contributed by atoms with Crippen LogP contribution in [0.25, 0.3) is 5.76 Å².